The number of halogens is 1. The molecule has 0 bridgehead atoms. The highest BCUT2D eigenvalue weighted by Crippen LogP contribution is 2.38. The molecule has 206 valence electrons. The molecule has 6 rings (SSSR count). The van der Waals surface area contributed by atoms with Gasteiger partial charge in [0.1, 0.15) is 5.57 Å². The van der Waals surface area contributed by atoms with Crippen molar-refractivity contribution >= 4 is 52.5 Å². The van der Waals surface area contributed by atoms with Gasteiger partial charge in [-0.25, -0.2) is 0 Å². The molecule has 0 spiro atoms. The van der Waals surface area contributed by atoms with Crippen LogP contribution in [-0.4, -0.2) is 21.5 Å². The topological polar surface area (TPSA) is 54.3 Å². The summed E-state index contributed by atoms with van der Waals surface area (Å²) in [6.45, 7) is 3.86. The van der Waals surface area contributed by atoms with Gasteiger partial charge in [-0.3, -0.25) is 19.8 Å². The lowest BCUT2D eigenvalue weighted by Gasteiger charge is -2.30. The molecule has 0 unspecified atom stereocenters. The first-order valence-electron chi connectivity index (χ1n) is 13.4. The Labute approximate surface area is 254 Å². The molecule has 1 aliphatic heterocycles. The third kappa shape index (κ3) is 5.07. The van der Waals surface area contributed by atoms with Crippen molar-refractivity contribution in [2.45, 2.75) is 13.8 Å². The van der Waals surface area contributed by atoms with Gasteiger partial charge < -0.3 is 4.57 Å². The zero-order valence-electron chi connectivity index (χ0n) is 23.0. The van der Waals surface area contributed by atoms with Crippen molar-refractivity contribution in [1.82, 2.24) is 9.88 Å². The van der Waals surface area contributed by atoms with Crippen LogP contribution >= 0.6 is 23.8 Å². The predicted octanol–water partition coefficient (Wildman–Crippen LogP) is 7.91. The number of aryl methyl sites for hydroxylation is 2. The zero-order valence-corrected chi connectivity index (χ0v) is 24.5. The molecule has 7 heteroatoms. The van der Waals surface area contributed by atoms with Gasteiger partial charge in [-0.15, -0.1) is 0 Å². The van der Waals surface area contributed by atoms with Gasteiger partial charge in [-0.1, -0.05) is 84.4 Å². The van der Waals surface area contributed by atoms with Crippen LogP contribution in [0, 0.1) is 13.8 Å². The Morgan fingerprint density at radius 1 is 0.786 bits per heavy atom. The summed E-state index contributed by atoms with van der Waals surface area (Å²) in [5.74, 6) is -1.01. The summed E-state index contributed by atoms with van der Waals surface area (Å²) in [6, 6.07) is 35.3. The third-order valence-electron chi connectivity index (χ3n) is 7.24. The van der Waals surface area contributed by atoms with E-state index in [-0.39, 0.29) is 10.7 Å². The number of anilines is 1. The maximum atomic E-state index is 14.0. The molecule has 1 aliphatic rings. The Balaban J connectivity index is 1.60. The molecule has 1 N–H and O–H groups in total. The van der Waals surface area contributed by atoms with Crippen molar-refractivity contribution in [3.05, 3.63) is 136 Å². The lowest BCUT2D eigenvalue weighted by atomic mass is 10.0. The van der Waals surface area contributed by atoms with Crippen molar-refractivity contribution < 1.29 is 9.59 Å². The van der Waals surface area contributed by atoms with Crippen molar-refractivity contribution in [2.75, 3.05) is 4.90 Å². The first-order chi connectivity index (χ1) is 20.3. The largest absolute Gasteiger partial charge is 0.309 e. The number of nitrogens with zero attached hydrogens (tertiary/aromatic N) is 2. The van der Waals surface area contributed by atoms with E-state index in [2.05, 4.69) is 9.88 Å². The first kappa shape index (κ1) is 27.4. The fraction of sp³-hybridized carbons (Fsp3) is 0.0571. The minimum Gasteiger partial charge on any atom is -0.309 e. The van der Waals surface area contributed by atoms with Crippen LogP contribution in [0.2, 0.25) is 5.02 Å². The van der Waals surface area contributed by atoms with Crippen LogP contribution < -0.4 is 10.2 Å². The highest BCUT2D eigenvalue weighted by atomic mass is 35.5. The Morgan fingerprint density at radius 2 is 1.43 bits per heavy atom. The summed E-state index contributed by atoms with van der Waals surface area (Å²) in [4.78, 5) is 28.8. The number of benzene rings is 4. The lowest BCUT2D eigenvalue weighted by Crippen LogP contribution is -2.54. The van der Waals surface area contributed by atoms with Gasteiger partial charge in [0.25, 0.3) is 11.8 Å². The number of hydrogen-bond acceptors (Lipinski definition) is 3. The third-order valence-corrected chi connectivity index (χ3v) is 7.78. The highest BCUT2D eigenvalue weighted by molar-refractivity contribution is 7.80. The van der Waals surface area contributed by atoms with E-state index in [1.54, 1.807) is 6.08 Å². The molecule has 1 aromatic heterocycles. The molecule has 4 aromatic carbocycles. The molecule has 5 nitrogen and oxygen atoms in total. The van der Waals surface area contributed by atoms with Gasteiger partial charge >= 0.3 is 0 Å². The molecule has 0 aliphatic carbocycles. The van der Waals surface area contributed by atoms with Crippen LogP contribution in [-0.2, 0) is 9.59 Å². The Kier molecular flexibility index (Phi) is 7.33. The van der Waals surface area contributed by atoms with Crippen LogP contribution in [0.3, 0.4) is 0 Å². The standard InChI is InChI=1S/C35H26ClN3O2S/c1-22-13-14-23(2)30(19-22)39-34(41)29(33(40)37-35(39)42)20-26-21-31(24-9-5-3-6-10-24)38(28-17-15-27(36)16-18-28)32(26)25-11-7-4-8-12-25/h3-21H,1-2H3,(H,37,40,42)/b29-20-. The van der Waals surface area contributed by atoms with Gasteiger partial charge in [-0.2, -0.15) is 0 Å². The number of carbonyl (C=O) groups excluding carboxylic acids is 2. The summed E-state index contributed by atoms with van der Waals surface area (Å²) in [6.07, 6.45) is 1.67. The fourth-order valence-corrected chi connectivity index (χ4v) is 5.60. The number of carbonyl (C=O) groups is 2. The minimum absolute atomic E-state index is 0.00504. The van der Waals surface area contributed by atoms with E-state index >= 15 is 0 Å². The second kappa shape index (κ2) is 11.2. The fourth-order valence-electron chi connectivity index (χ4n) is 5.20. The van der Waals surface area contributed by atoms with Crippen molar-refractivity contribution in [3.8, 4) is 28.2 Å². The molecular formula is C35H26ClN3O2S. The number of amides is 2. The molecule has 0 atom stereocenters. The second-order valence-corrected chi connectivity index (χ2v) is 10.9. The van der Waals surface area contributed by atoms with Crippen LogP contribution in [0.25, 0.3) is 34.3 Å². The van der Waals surface area contributed by atoms with Gasteiger partial charge in [0.2, 0.25) is 0 Å². The molecule has 5 aromatic rings. The summed E-state index contributed by atoms with van der Waals surface area (Å²) >= 11 is 11.7. The van der Waals surface area contributed by atoms with Crippen LogP contribution in [0.4, 0.5) is 5.69 Å². The van der Waals surface area contributed by atoms with E-state index in [4.69, 9.17) is 23.8 Å². The Morgan fingerprint density at radius 3 is 2.10 bits per heavy atom. The monoisotopic (exact) mass is 587 g/mol. The van der Waals surface area contributed by atoms with Crippen molar-refractivity contribution in [2.24, 2.45) is 0 Å². The smallest absolute Gasteiger partial charge is 0.270 e. The van der Waals surface area contributed by atoms with Crippen molar-refractivity contribution in [1.29, 1.82) is 0 Å². The molecule has 1 fully saturated rings. The summed E-state index contributed by atoms with van der Waals surface area (Å²) in [7, 11) is 0. The number of aromatic nitrogens is 1. The maximum Gasteiger partial charge on any atom is 0.270 e. The molecular weight excluding hydrogens is 562 g/mol. The summed E-state index contributed by atoms with van der Waals surface area (Å²) in [5, 5.41) is 3.42. The van der Waals surface area contributed by atoms with Crippen molar-refractivity contribution in [3.63, 3.8) is 0 Å². The van der Waals surface area contributed by atoms with E-state index in [0.29, 0.717) is 16.3 Å². The molecule has 2 amide bonds. The van der Waals surface area contributed by atoms with Gasteiger partial charge in [0.05, 0.1) is 17.1 Å². The quantitative estimate of drug-likeness (QED) is 0.129. The summed E-state index contributed by atoms with van der Waals surface area (Å²) in [5.41, 5.74) is 7.72. The normalized spacial score (nSPS) is 14.4. The molecule has 42 heavy (non-hydrogen) atoms. The number of nitrogens with one attached hydrogen (secondary N) is 1. The average Bonchev–Trinajstić information content (AvgIpc) is 3.37. The number of rotatable bonds is 5. The van der Waals surface area contributed by atoms with Crippen LogP contribution in [0.5, 0.6) is 0 Å². The van der Waals surface area contributed by atoms with Gasteiger partial charge in [0.15, 0.2) is 5.11 Å². The van der Waals surface area contributed by atoms with E-state index < -0.39 is 11.8 Å². The van der Waals surface area contributed by atoms with E-state index in [0.717, 1.165) is 39.3 Å². The Hall–Kier alpha value is -4.78. The molecule has 0 saturated carbocycles. The van der Waals surface area contributed by atoms with E-state index in [1.165, 1.54) is 4.90 Å². The molecule has 1 saturated heterocycles. The first-order valence-corrected chi connectivity index (χ1v) is 14.2. The number of hydrogen-bond donors (Lipinski definition) is 1. The highest BCUT2D eigenvalue weighted by Gasteiger charge is 2.35. The number of thiocarbonyl (C=S) groups is 1. The lowest BCUT2D eigenvalue weighted by molar-refractivity contribution is -0.122. The predicted molar refractivity (Wildman–Crippen MR) is 174 cm³/mol. The van der Waals surface area contributed by atoms with Gasteiger partial charge in [0, 0.05) is 16.3 Å². The Bertz CT molecular complexity index is 1880. The second-order valence-electron chi connectivity index (χ2n) is 10.1. The minimum atomic E-state index is -0.536. The summed E-state index contributed by atoms with van der Waals surface area (Å²) < 4.78 is 2.13. The zero-order chi connectivity index (χ0) is 29.4. The van der Waals surface area contributed by atoms with Crippen LogP contribution in [0.1, 0.15) is 16.7 Å². The van der Waals surface area contributed by atoms with E-state index in [9.17, 15) is 9.59 Å². The maximum absolute atomic E-state index is 14.0. The van der Waals surface area contributed by atoms with Gasteiger partial charge in [-0.05, 0) is 90.8 Å². The molecule has 2 heterocycles. The van der Waals surface area contributed by atoms with Crippen LogP contribution in [0.15, 0.2) is 115 Å². The molecule has 0 radical (unpaired) electrons. The SMILES string of the molecule is Cc1ccc(C)c(N2C(=O)/C(=C\c3cc(-c4ccccc4)n(-c4ccc(Cl)cc4)c3-c3ccccc3)C(=O)NC2=S)c1. The van der Waals surface area contributed by atoms with E-state index in [1.807, 2.05) is 123 Å². The average molecular weight is 588 g/mol.